The van der Waals surface area contributed by atoms with Gasteiger partial charge in [0.1, 0.15) is 5.75 Å². The van der Waals surface area contributed by atoms with E-state index < -0.39 is 20.7 Å². The molecule has 1 heterocycles. The van der Waals surface area contributed by atoms with Crippen molar-refractivity contribution >= 4 is 27.3 Å². The zero-order valence-corrected chi connectivity index (χ0v) is 17.7. The van der Waals surface area contributed by atoms with Gasteiger partial charge in [0.2, 0.25) is 15.9 Å². The fourth-order valence-electron chi connectivity index (χ4n) is 3.63. The fraction of sp³-hybridized carbons (Fsp3) is 0.381. The third-order valence-corrected chi connectivity index (χ3v) is 7.98. The lowest BCUT2D eigenvalue weighted by Crippen LogP contribution is -2.47. The van der Waals surface area contributed by atoms with Crippen LogP contribution in [0.3, 0.4) is 0 Å². The summed E-state index contributed by atoms with van der Waals surface area (Å²) in [6, 6.07) is 10.9. The molecule has 1 amide bonds. The fourth-order valence-corrected chi connectivity index (χ4v) is 5.61. The monoisotopic (exact) mass is 402 g/mol. The molecule has 1 fully saturated rings. The number of nitrogens with one attached hydrogen (secondary N) is 1. The van der Waals surface area contributed by atoms with Crippen LogP contribution in [-0.2, 0) is 14.8 Å². The summed E-state index contributed by atoms with van der Waals surface area (Å²) in [6.07, 6.45) is 0.226. The number of rotatable bonds is 4. The van der Waals surface area contributed by atoms with Gasteiger partial charge in [0, 0.05) is 12.2 Å². The molecule has 1 N–H and O–H groups in total. The maximum atomic E-state index is 13.4. The molecule has 0 radical (unpaired) electrons. The van der Waals surface area contributed by atoms with Crippen molar-refractivity contribution in [2.45, 2.75) is 38.9 Å². The van der Waals surface area contributed by atoms with Crippen LogP contribution < -0.4 is 14.4 Å². The number of sulfonamides is 1. The highest BCUT2D eigenvalue weighted by molar-refractivity contribution is 7.95. The van der Waals surface area contributed by atoms with E-state index in [1.165, 1.54) is 11.2 Å². The third-order valence-electron chi connectivity index (χ3n) is 5.50. The number of nitrogens with zero attached hydrogens (tertiary/aromatic N) is 1. The summed E-state index contributed by atoms with van der Waals surface area (Å²) in [6.45, 7) is 7.39. The number of carbonyl (C=O) groups excluding carboxylic acids is 1. The van der Waals surface area contributed by atoms with Gasteiger partial charge in [-0.1, -0.05) is 18.2 Å². The third kappa shape index (κ3) is 3.13. The van der Waals surface area contributed by atoms with E-state index in [1.54, 1.807) is 25.3 Å². The largest absolute Gasteiger partial charge is 0.497 e. The number of ether oxygens (including phenoxy) is 1. The van der Waals surface area contributed by atoms with Crippen LogP contribution in [0.2, 0.25) is 0 Å². The lowest BCUT2D eigenvalue weighted by molar-refractivity contribution is -0.118. The Bertz CT molecular complexity index is 1010. The molecule has 2 aromatic carbocycles. The SMILES string of the molecule is COc1ccc(NC(=O)C2(C)CCN(c3c(C)cccc3C)S2(=O)=O)c(C)c1. The molecule has 150 valence electrons. The number of carbonyl (C=O) groups is 1. The number of benzene rings is 2. The predicted molar refractivity (Wildman–Crippen MR) is 112 cm³/mol. The topological polar surface area (TPSA) is 75.7 Å². The van der Waals surface area contributed by atoms with E-state index in [1.807, 2.05) is 39.0 Å². The molecule has 2 aromatic rings. The van der Waals surface area contributed by atoms with Crippen LogP contribution in [0.1, 0.15) is 30.0 Å². The summed E-state index contributed by atoms with van der Waals surface area (Å²) in [7, 11) is -2.30. The smallest absolute Gasteiger partial charge is 0.249 e. The van der Waals surface area contributed by atoms with Crippen LogP contribution in [0.15, 0.2) is 36.4 Å². The van der Waals surface area contributed by atoms with Crippen LogP contribution in [0.4, 0.5) is 11.4 Å². The first-order valence-corrected chi connectivity index (χ1v) is 10.6. The zero-order valence-electron chi connectivity index (χ0n) is 16.9. The molecule has 1 aliphatic heterocycles. The van der Waals surface area contributed by atoms with Gasteiger partial charge in [-0.25, -0.2) is 8.42 Å². The van der Waals surface area contributed by atoms with Gasteiger partial charge in [0.15, 0.2) is 4.75 Å². The normalized spacial score (nSPS) is 20.8. The standard InChI is InChI=1S/C21H26N2O4S/c1-14-7-6-8-15(2)19(14)23-12-11-21(4,28(23,25)26)20(24)22-18-10-9-17(27-5)13-16(18)3/h6-10,13H,11-12H2,1-5H3,(H,22,24). The molecule has 0 bridgehead atoms. The van der Waals surface area contributed by atoms with E-state index in [0.29, 0.717) is 17.1 Å². The number of para-hydroxylation sites is 1. The summed E-state index contributed by atoms with van der Waals surface area (Å²) in [5.74, 6) is 0.158. The lowest BCUT2D eigenvalue weighted by Gasteiger charge is -2.27. The molecule has 1 unspecified atom stereocenters. The molecule has 0 aliphatic carbocycles. The molecule has 6 nitrogen and oxygen atoms in total. The van der Waals surface area contributed by atoms with Crippen molar-refractivity contribution in [1.82, 2.24) is 0 Å². The van der Waals surface area contributed by atoms with Gasteiger partial charge in [-0.15, -0.1) is 0 Å². The average molecular weight is 403 g/mol. The Hall–Kier alpha value is -2.54. The molecule has 28 heavy (non-hydrogen) atoms. The average Bonchev–Trinajstić information content (AvgIpc) is 2.88. The van der Waals surface area contributed by atoms with Gasteiger partial charge < -0.3 is 10.1 Å². The van der Waals surface area contributed by atoms with Crippen molar-refractivity contribution in [3.8, 4) is 5.75 Å². The minimum absolute atomic E-state index is 0.226. The van der Waals surface area contributed by atoms with Gasteiger partial charge in [0.05, 0.1) is 12.8 Å². The molecule has 0 saturated carbocycles. The summed E-state index contributed by atoms with van der Waals surface area (Å²) in [5, 5.41) is 2.80. The molecule has 0 aromatic heterocycles. The Labute approximate surface area is 166 Å². The molecule has 1 saturated heterocycles. The second-order valence-corrected chi connectivity index (χ2v) is 9.73. The number of hydrogen-bond donors (Lipinski definition) is 1. The summed E-state index contributed by atoms with van der Waals surface area (Å²) < 4.78 is 31.8. The van der Waals surface area contributed by atoms with E-state index >= 15 is 0 Å². The number of aryl methyl sites for hydroxylation is 3. The number of methoxy groups -OCH3 is 1. The second-order valence-electron chi connectivity index (χ2n) is 7.43. The maximum absolute atomic E-state index is 13.4. The minimum Gasteiger partial charge on any atom is -0.497 e. The van der Waals surface area contributed by atoms with Crippen LogP contribution in [0, 0.1) is 20.8 Å². The van der Waals surface area contributed by atoms with E-state index in [-0.39, 0.29) is 13.0 Å². The predicted octanol–water partition coefficient (Wildman–Crippen LogP) is 3.56. The molecule has 0 spiro atoms. The van der Waals surface area contributed by atoms with Crippen LogP contribution >= 0.6 is 0 Å². The summed E-state index contributed by atoms with van der Waals surface area (Å²) in [5.41, 5.74) is 3.80. The van der Waals surface area contributed by atoms with Crippen LogP contribution in [0.25, 0.3) is 0 Å². The molecule has 1 atom stereocenters. The quantitative estimate of drug-likeness (QED) is 0.848. The molecular weight excluding hydrogens is 376 g/mol. The van der Waals surface area contributed by atoms with Gasteiger partial charge >= 0.3 is 0 Å². The van der Waals surface area contributed by atoms with Crippen molar-refractivity contribution in [2.24, 2.45) is 0 Å². The highest BCUT2D eigenvalue weighted by Gasteiger charge is 2.55. The highest BCUT2D eigenvalue weighted by atomic mass is 32.2. The van der Waals surface area contributed by atoms with Crippen LogP contribution in [-0.4, -0.2) is 32.7 Å². The van der Waals surface area contributed by atoms with Crippen molar-refractivity contribution in [3.63, 3.8) is 0 Å². The Kier molecular flexibility index (Phi) is 5.14. The Morgan fingerprint density at radius 3 is 2.32 bits per heavy atom. The van der Waals surface area contributed by atoms with Crippen LogP contribution in [0.5, 0.6) is 5.75 Å². The van der Waals surface area contributed by atoms with E-state index in [2.05, 4.69) is 5.32 Å². The first-order valence-electron chi connectivity index (χ1n) is 9.16. The van der Waals surface area contributed by atoms with Crippen molar-refractivity contribution in [2.75, 3.05) is 23.3 Å². The van der Waals surface area contributed by atoms with Crippen molar-refractivity contribution in [3.05, 3.63) is 53.1 Å². The van der Waals surface area contributed by atoms with E-state index in [0.717, 1.165) is 16.7 Å². The van der Waals surface area contributed by atoms with Crippen molar-refractivity contribution in [1.29, 1.82) is 0 Å². The number of anilines is 2. The maximum Gasteiger partial charge on any atom is 0.249 e. The Balaban J connectivity index is 1.93. The Morgan fingerprint density at radius 1 is 1.11 bits per heavy atom. The minimum atomic E-state index is -3.87. The van der Waals surface area contributed by atoms with E-state index in [9.17, 15) is 13.2 Å². The van der Waals surface area contributed by atoms with E-state index in [4.69, 9.17) is 4.74 Å². The molecular formula is C21H26N2O4S. The van der Waals surface area contributed by atoms with Gasteiger partial charge in [-0.05, 0) is 69.0 Å². The summed E-state index contributed by atoms with van der Waals surface area (Å²) >= 11 is 0. The summed E-state index contributed by atoms with van der Waals surface area (Å²) in [4.78, 5) is 13.1. The zero-order chi connectivity index (χ0) is 20.7. The molecule has 1 aliphatic rings. The molecule has 7 heteroatoms. The first-order chi connectivity index (χ1) is 13.1. The molecule has 3 rings (SSSR count). The van der Waals surface area contributed by atoms with Gasteiger partial charge in [0.25, 0.3) is 0 Å². The van der Waals surface area contributed by atoms with Gasteiger partial charge in [-0.3, -0.25) is 9.10 Å². The van der Waals surface area contributed by atoms with Crippen molar-refractivity contribution < 1.29 is 17.9 Å². The second kappa shape index (κ2) is 7.13. The number of hydrogen-bond acceptors (Lipinski definition) is 4. The number of amides is 1. The van der Waals surface area contributed by atoms with Gasteiger partial charge in [-0.2, -0.15) is 0 Å². The lowest BCUT2D eigenvalue weighted by atomic mass is 10.0. The first kappa shape index (κ1) is 20.2. The Morgan fingerprint density at radius 2 is 1.75 bits per heavy atom. The highest BCUT2D eigenvalue weighted by Crippen LogP contribution is 2.40.